The largest absolute Gasteiger partial charge is 0.348 e. The summed E-state index contributed by atoms with van der Waals surface area (Å²) in [6.07, 6.45) is 6.08. The van der Waals surface area contributed by atoms with Gasteiger partial charge in [0.2, 0.25) is 0 Å². The molecule has 0 atom stereocenters. The van der Waals surface area contributed by atoms with E-state index in [-0.39, 0.29) is 11.9 Å². The number of carbonyl (C=O) groups excluding carboxylic acids is 1. The Morgan fingerprint density at radius 3 is 2.90 bits per heavy atom. The topological polar surface area (TPSA) is 59.8 Å². The molecule has 1 amide bonds. The van der Waals surface area contributed by atoms with Crippen LogP contribution in [-0.2, 0) is 0 Å². The molecule has 1 saturated carbocycles. The van der Waals surface area contributed by atoms with E-state index in [1.807, 2.05) is 12.1 Å². The fraction of sp³-hybridized carbons (Fsp3) is 0.357. The summed E-state index contributed by atoms with van der Waals surface area (Å²) in [4.78, 5) is 12.1. The van der Waals surface area contributed by atoms with Crippen LogP contribution in [0.15, 0.2) is 30.5 Å². The highest BCUT2D eigenvalue weighted by Crippen LogP contribution is 2.18. The second-order valence-corrected chi connectivity index (χ2v) is 5.42. The summed E-state index contributed by atoms with van der Waals surface area (Å²) in [6.45, 7) is 0. The number of hydrogen-bond donors (Lipinski definition) is 1. The van der Waals surface area contributed by atoms with Crippen molar-refractivity contribution in [2.45, 2.75) is 31.7 Å². The van der Waals surface area contributed by atoms with Gasteiger partial charge in [-0.3, -0.25) is 4.79 Å². The van der Waals surface area contributed by atoms with Gasteiger partial charge in [-0.25, -0.2) is 4.68 Å². The molecule has 104 valence electrons. The lowest BCUT2D eigenvalue weighted by Crippen LogP contribution is -2.32. The summed E-state index contributed by atoms with van der Waals surface area (Å²) in [5, 5.41) is 11.5. The van der Waals surface area contributed by atoms with Crippen molar-refractivity contribution >= 4 is 17.5 Å². The normalized spacial score (nSPS) is 15.4. The van der Waals surface area contributed by atoms with Gasteiger partial charge < -0.3 is 5.32 Å². The number of hydrogen-bond acceptors (Lipinski definition) is 3. The molecule has 6 heteroatoms. The van der Waals surface area contributed by atoms with Crippen molar-refractivity contribution in [3.05, 3.63) is 41.2 Å². The zero-order chi connectivity index (χ0) is 13.9. The van der Waals surface area contributed by atoms with E-state index in [2.05, 4.69) is 15.6 Å². The quantitative estimate of drug-likeness (QED) is 0.945. The Balaban J connectivity index is 1.74. The standard InChI is InChI=1S/C14H15ClN4O/c15-10-4-3-7-12(8-10)19-9-13(17-18-19)14(20)16-11-5-1-2-6-11/h3-4,7-9,11H,1-2,5-6H2,(H,16,20). The SMILES string of the molecule is O=C(NC1CCCC1)c1cn(-c2cccc(Cl)c2)nn1. The first-order valence-electron chi connectivity index (χ1n) is 6.71. The maximum absolute atomic E-state index is 12.1. The van der Waals surface area contributed by atoms with Gasteiger partial charge in [0.1, 0.15) is 0 Å². The number of aromatic nitrogens is 3. The molecule has 20 heavy (non-hydrogen) atoms. The molecular formula is C14H15ClN4O. The average Bonchev–Trinajstić information content (AvgIpc) is 3.09. The first kappa shape index (κ1) is 13.1. The van der Waals surface area contributed by atoms with Crippen molar-refractivity contribution in [1.29, 1.82) is 0 Å². The van der Waals surface area contributed by atoms with Gasteiger partial charge in [-0.15, -0.1) is 5.10 Å². The molecule has 5 nitrogen and oxygen atoms in total. The maximum atomic E-state index is 12.1. The predicted molar refractivity (Wildman–Crippen MR) is 76.1 cm³/mol. The molecule has 0 unspecified atom stereocenters. The van der Waals surface area contributed by atoms with Crippen LogP contribution in [0.5, 0.6) is 0 Å². The molecule has 0 bridgehead atoms. The van der Waals surface area contributed by atoms with E-state index in [1.54, 1.807) is 23.0 Å². The number of nitrogens with zero attached hydrogens (tertiary/aromatic N) is 3. The minimum Gasteiger partial charge on any atom is -0.348 e. The van der Waals surface area contributed by atoms with Crippen LogP contribution in [0.4, 0.5) is 0 Å². The van der Waals surface area contributed by atoms with Crippen molar-refractivity contribution < 1.29 is 4.79 Å². The molecule has 0 saturated heterocycles. The van der Waals surface area contributed by atoms with E-state index in [0.29, 0.717) is 10.7 Å². The molecule has 1 fully saturated rings. The first-order valence-corrected chi connectivity index (χ1v) is 7.09. The number of carbonyl (C=O) groups is 1. The Hall–Kier alpha value is -1.88. The van der Waals surface area contributed by atoms with E-state index in [1.165, 1.54) is 12.8 Å². The molecule has 1 aromatic carbocycles. The summed E-state index contributed by atoms with van der Waals surface area (Å²) >= 11 is 5.94. The predicted octanol–water partition coefficient (Wildman–Crippen LogP) is 2.59. The van der Waals surface area contributed by atoms with Crippen molar-refractivity contribution in [1.82, 2.24) is 20.3 Å². The Labute approximate surface area is 121 Å². The highest BCUT2D eigenvalue weighted by molar-refractivity contribution is 6.30. The lowest BCUT2D eigenvalue weighted by atomic mass is 10.2. The molecule has 3 rings (SSSR count). The van der Waals surface area contributed by atoms with Gasteiger partial charge in [-0.05, 0) is 31.0 Å². The third-order valence-corrected chi connectivity index (χ3v) is 3.72. The monoisotopic (exact) mass is 290 g/mol. The van der Waals surface area contributed by atoms with Gasteiger partial charge in [0, 0.05) is 11.1 Å². The minimum absolute atomic E-state index is 0.162. The zero-order valence-electron chi connectivity index (χ0n) is 10.9. The first-order chi connectivity index (χ1) is 9.72. The van der Waals surface area contributed by atoms with Crippen LogP contribution in [0.25, 0.3) is 5.69 Å². The second kappa shape index (κ2) is 5.63. The van der Waals surface area contributed by atoms with Crippen molar-refractivity contribution in [2.24, 2.45) is 0 Å². The summed E-state index contributed by atoms with van der Waals surface area (Å²) in [7, 11) is 0. The zero-order valence-corrected chi connectivity index (χ0v) is 11.7. The molecule has 1 heterocycles. The number of halogens is 1. The Morgan fingerprint density at radius 1 is 1.35 bits per heavy atom. The van der Waals surface area contributed by atoms with E-state index in [9.17, 15) is 4.79 Å². The van der Waals surface area contributed by atoms with Gasteiger partial charge in [-0.1, -0.05) is 35.7 Å². The number of benzene rings is 1. The molecular weight excluding hydrogens is 276 g/mol. The highest BCUT2D eigenvalue weighted by atomic mass is 35.5. The number of rotatable bonds is 3. The smallest absolute Gasteiger partial charge is 0.273 e. The van der Waals surface area contributed by atoms with Gasteiger partial charge in [0.05, 0.1) is 11.9 Å². The molecule has 0 aliphatic heterocycles. The van der Waals surface area contributed by atoms with Crippen LogP contribution in [0, 0.1) is 0 Å². The summed E-state index contributed by atoms with van der Waals surface area (Å²) in [5.74, 6) is -0.162. The third-order valence-electron chi connectivity index (χ3n) is 3.49. The summed E-state index contributed by atoms with van der Waals surface area (Å²) in [6, 6.07) is 7.53. The summed E-state index contributed by atoms with van der Waals surface area (Å²) in [5.41, 5.74) is 1.11. The lowest BCUT2D eigenvalue weighted by molar-refractivity contribution is 0.0932. The van der Waals surface area contributed by atoms with Gasteiger partial charge in [0.15, 0.2) is 5.69 Å². The van der Waals surface area contributed by atoms with Crippen molar-refractivity contribution in [3.8, 4) is 5.69 Å². The third kappa shape index (κ3) is 2.82. The molecule has 0 radical (unpaired) electrons. The molecule has 1 aliphatic rings. The average molecular weight is 291 g/mol. The van der Waals surface area contributed by atoms with E-state index < -0.39 is 0 Å². The maximum Gasteiger partial charge on any atom is 0.273 e. The van der Waals surface area contributed by atoms with Crippen molar-refractivity contribution in [3.63, 3.8) is 0 Å². The van der Waals surface area contributed by atoms with Crippen LogP contribution in [0.2, 0.25) is 5.02 Å². The number of nitrogens with one attached hydrogen (secondary N) is 1. The fourth-order valence-electron chi connectivity index (χ4n) is 2.44. The summed E-state index contributed by atoms with van der Waals surface area (Å²) < 4.78 is 1.55. The Bertz CT molecular complexity index is 619. The van der Waals surface area contributed by atoms with Crippen LogP contribution in [-0.4, -0.2) is 26.9 Å². The van der Waals surface area contributed by atoms with Crippen LogP contribution in [0.3, 0.4) is 0 Å². The molecule has 1 N–H and O–H groups in total. The van der Waals surface area contributed by atoms with Crippen LogP contribution < -0.4 is 5.32 Å². The Kier molecular flexibility index (Phi) is 3.69. The Morgan fingerprint density at radius 2 is 2.15 bits per heavy atom. The van der Waals surface area contributed by atoms with E-state index in [4.69, 9.17) is 11.6 Å². The van der Waals surface area contributed by atoms with E-state index >= 15 is 0 Å². The molecule has 1 aliphatic carbocycles. The molecule has 2 aromatic rings. The van der Waals surface area contributed by atoms with Crippen LogP contribution in [0.1, 0.15) is 36.2 Å². The lowest BCUT2D eigenvalue weighted by Gasteiger charge is -2.09. The minimum atomic E-state index is -0.162. The van der Waals surface area contributed by atoms with E-state index in [0.717, 1.165) is 18.5 Å². The van der Waals surface area contributed by atoms with Crippen molar-refractivity contribution in [2.75, 3.05) is 0 Å². The van der Waals surface area contributed by atoms with Gasteiger partial charge in [0.25, 0.3) is 5.91 Å². The van der Waals surface area contributed by atoms with Crippen LogP contribution >= 0.6 is 11.6 Å². The van der Waals surface area contributed by atoms with Gasteiger partial charge in [-0.2, -0.15) is 0 Å². The second-order valence-electron chi connectivity index (χ2n) is 4.98. The number of amides is 1. The highest BCUT2D eigenvalue weighted by Gasteiger charge is 2.19. The molecule has 0 spiro atoms. The van der Waals surface area contributed by atoms with Gasteiger partial charge >= 0.3 is 0 Å². The fourth-order valence-corrected chi connectivity index (χ4v) is 2.63. The molecule has 1 aromatic heterocycles.